The number of phenols is 1. The molecule has 178 valence electrons. The summed E-state index contributed by atoms with van der Waals surface area (Å²) in [6.07, 6.45) is 0. The summed E-state index contributed by atoms with van der Waals surface area (Å²) in [4.78, 5) is 26.5. The van der Waals surface area contributed by atoms with Crippen LogP contribution in [0.3, 0.4) is 0 Å². The topological polar surface area (TPSA) is 102 Å². The van der Waals surface area contributed by atoms with Crippen LogP contribution in [-0.2, 0) is 11.3 Å². The first kappa shape index (κ1) is 22.9. The summed E-state index contributed by atoms with van der Waals surface area (Å²) in [7, 11) is 0. The van der Waals surface area contributed by atoms with E-state index in [4.69, 9.17) is 0 Å². The molecule has 7 nitrogen and oxygen atoms in total. The van der Waals surface area contributed by atoms with E-state index in [1.54, 1.807) is 35.2 Å². The Morgan fingerprint density at radius 3 is 2.47 bits per heavy atom. The Bertz CT molecular complexity index is 1510. The van der Waals surface area contributed by atoms with Crippen molar-refractivity contribution < 1.29 is 19.8 Å². The highest BCUT2D eigenvalue weighted by Gasteiger charge is 2.34. The number of anilines is 2. The number of aryl methyl sites for hydroxylation is 1. The van der Waals surface area contributed by atoms with Gasteiger partial charge in [0.25, 0.3) is 5.91 Å². The van der Waals surface area contributed by atoms with Crippen molar-refractivity contribution in [1.82, 2.24) is 0 Å². The summed E-state index contributed by atoms with van der Waals surface area (Å²) >= 11 is 0. The molecule has 0 aromatic heterocycles. The number of hydrogen-bond donors (Lipinski definition) is 3. The third-order valence-electron chi connectivity index (χ3n) is 6.07. The van der Waals surface area contributed by atoms with E-state index in [2.05, 4.69) is 10.5 Å². The second-order valence-electron chi connectivity index (χ2n) is 8.56. The van der Waals surface area contributed by atoms with Crippen LogP contribution in [0.15, 0.2) is 96.1 Å². The van der Waals surface area contributed by atoms with Crippen LogP contribution >= 0.6 is 0 Å². The van der Waals surface area contributed by atoms with E-state index in [-0.39, 0.29) is 22.9 Å². The van der Waals surface area contributed by atoms with Gasteiger partial charge >= 0.3 is 5.97 Å². The van der Waals surface area contributed by atoms with Crippen molar-refractivity contribution in [2.45, 2.75) is 13.5 Å². The van der Waals surface area contributed by atoms with Gasteiger partial charge in [-0.1, -0.05) is 66.2 Å². The van der Waals surface area contributed by atoms with Crippen LogP contribution in [-0.4, -0.2) is 27.8 Å². The van der Waals surface area contributed by atoms with Crippen molar-refractivity contribution in [3.63, 3.8) is 0 Å². The van der Waals surface area contributed by atoms with E-state index in [9.17, 15) is 19.8 Å². The number of hydrogen-bond acceptors (Lipinski definition) is 5. The quantitative estimate of drug-likeness (QED) is 0.254. The van der Waals surface area contributed by atoms with Gasteiger partial charge in [-0.2, -0.15) is 5.10 Å². The number of amides is 1. The Balaban J connectivity index is 1.48. The number of carboxylic acid groups (broad SMARTS) is 1. The lowest BCUT2D eigenvalue weighted by atomic mass is 10.0. The number of carbonyl (C=O) groups excluding carboxylic acids is 1. The lowest BCUT2D eigenvalue weighted by Gasteiger charge is -2.17. The van der Waals surface area contributed by atoms with Gasteiger partial charge in [0.2, 0.25) is 0 Å². The zero-order valence-electron chi connectivity index (χ0n) is 19.5. The lowest BCUT2D eigenvalue weighted by molar-refractivity contribution is -0.112. The van der Waals surface area contributed by atoms with E-state index in [0.717, 1.165) is 16.8 Å². The number of aromatic hydroxyl groups is 1. The fraction of sp³-hybridized carbons (Fsp3) is 0.0690. The number of nitrogens with zero attached hydrogens (tertiary/aromatic N) is 2. The summed E-state index contributed by atoms with van der Waals surface area (Å²) in [6.45, 7) is 2.37. The molecule has 1 aliphatic heterocycles. The SMILES string of the molecule is Cc1ccc2c(c1)/C(=N/Nc1cccc(-c3cccc(C(=O)O)c3)c1O)C(=O)N2Cc1ccccc1. The highest BCUT2D eigenvalue weighted by molar-refractivity contribution is 6.54. The van der Waals surface area contributed by atoms with Crippen LogP contribution in [0.1, 0.15) is 27.0 Å². The highest BCUT2D eigenvalue weighted by Crippen LogP contribution is 2.37. The van der Waals surface area contributed by atoms with Gasteiger partial charge in [0.05, 0.1) is 23.5 Å². The molecule has 0 spiro atoms. The van der Waals surface area contributed by atoms with Gasteiger partial charge in [-0.25, -0.2) is 4.79 Å². The Morgan fingerprint density at radius 1 is 0.917 bits per heavy atom. The first-order chi connectivity index (χ1) is 17.4. The fourth-order valence-corrected chi connectivity index (χ4v) is 4.26. The van der Waals surface area contributed by atoms with E-state index in [1.165, 1.54) is 12.1 Å². The van der Waals surface area contributed by atoms with Crippen LogP contribution in [0.5, 0.6) is 5.75 Å². The van der Waals surface area contributed by atoms with Crippen LogP contribution in [0.25, 0.3) is 11.1 Å². The molecule has 3 N–H and O–H groups in total. The van der Waals surface area contributed by atoms with Gasteiger partial charge in [0.15, 0.2) is 5.71 Å². The molecule has 0 fully saturated rings. The molecule has 36 heavy (non-hydrogen) atoms. The number of phenolic OH excluding ortho intramolecular Hbond substituents is 1. The summed E-state index contributed by atoms with van der Waals surface area (Å²) in [5.74, 6) is -1.39. The smallest absolute Gasteiger partial charge is 0.335 e. The molecular formula is C29H23N3O4. The molecule has 0 saturated carbocycles. The van der Waals surface area contributed by atoms with Crippen molar-refractivity contribution in [3.05, 3.63) is 113 Å². The molecule has 1 aliphatic rings. The summed E-state index contributed by atoms with van der Waals surface area (Å²) < 4.78 is 0. The van der Waals surface area contributed by atoms with Gasteiger partial charge in [0.1, 0.15) is 5.75 Å². The second kappa shape index (κ2) is 9.38. The predicted molar refractivity (Wildman–Crippen MR) is 139 cm³/mol. The van der Waals surface area contributed by atoms with Crippen molar-refractivity contribution in [3.8, 4) is 16.9 Å². The molecule has 4 aromatic carbocycles. The number of rotatable bonds is 6. The highest BCUT2D eigenvalue weighted by atomic mass is 16.4. The zero-order valence-corrected chi connectivity index (χ0v) is 19.5. The fourth-order valence-electron chi connectivity index (χ4n) is 4.26. The van der Waals surface area contributed by atoms with Crippen molar-refractivity contribution in [1.29, 1.82) is 0 Å². The molecule has 5 rings (SSSR count). The third-order valence-corrected chi connectivity index (χ3v) is 6.07. The standard InChI is InChI=1S/C29H23N3O4/c1-18-13-14-25-23(15-18)26(28(34)32(25)17-19-7-3-2-4-8-19)31-30-24-12-6-11-22(27(24)33)20-9-5-10-21(16-20)29(35)36/h2-16,30,33H,17H2,1H3,(H,35,36)/b31-26-. The molecule has 4 aromatic rings. The molecule has 7 heteroatoms. The first-order valence-electron chi connectivity index (χ1n) is 11.4. The van der Waals surface area contributed by atoms with Crippen LogP contribution in [0.2, 0.25) is 0 Å². The monoisotopic (exact) mass is 477 g/mol. The third kappa shape index (κ3) is 4.30. The van der Waals surface area contributed by atoms with Gasteiger partial charge in [-0.05, 0) is 48.4 Å². The van der Waals surface area contributed by atoms with E-state index >= 15 is 0 Å². The van der Waals surface area contributed by atoms with Crippen molar-refractivity contribution in [2.75, 3.05) is 10.3 Å². The number of fused-ring (bicyclic) bond motifs is 1. The number of carbonyl (C=O) groups is 2. The number of benzene rings is 4. The largest absolute Gasteiger partial charge is 0.505 e. The Morgan fingerprint density at radius 2 is 1.69 bits per heavy atom. The Hall–Kier alpha value is -4.91. The average molecular weight is 478 g/mol. The molecule has 0 aliphatic carbocycles. The first-order valence-corrected chi connectivity index (χ1v) is 11.4. The molecule has 0 unspecified atom stereocenters. The van der Waals surface area contributed by atoms with Crippen LogP contribution in [0, 0.1) is 6.92 Å². The normalized spacial score (nSPS) is 13.6. The number of hydrazone groups is 1. The number of nitrogens with one attached hydrogen (secondary N) is 1. The lowest BCUT2D eigenvalue weighted by Crippen LogP contribution is -2.30. The minimum Gasteiger partial charge on any atom is -0.505 e. The minimum absolute atomic E-state index is 0.0968. The molecule has 1 heterocycles. The molecular weight excluding hydrogens is 454 g/mol. The van der Waals surface area contributed by atoms with Gasteiger partial charge < -0.3 is 15.1 Å². The summed E-state index contributed by atoms with van der Waals surface area (Å²) in [5, 5.41) is 24.6. The zero-order chi connectivity index (χ0) is 25.2. The van der Waals surface area contributed by atoms with Gasteiger partial charge in [0, 0.05) is 11.1 Å². The maximum atomic E-state index is 13.4. The second-order valence-corrected chi connectivity index (χ2v) is 8.56. The average Bonchev–Trinajstić information content (AvgIpc) is 3.13. The van der Waals surface area contributed by atoms with Gasteiger partial charge in [-0.3, -0.25) is 10.2 Å². The van der Waals surface area contributed by atoms with Gasteiger partial charge in [-0.15, -0.1) is 0 Å². The Kier molecular flexibility index (Phi) is 5.96. The summed E-state index contributed by atoms with van der Waals surface area (Å²) in [6, 6.07) is 26.9. The Labute approximate surface area is 208 Å². The molecule has 0 atom stereocenters. The van der Waals surface area contributed by atoms with E-state index in [1.807, 2.05) is 55.5 Å². The molecule has 0 radical (unpaired) electrons. The number of aromatic carboxylic acids is 1. The number of para-hydroxylation sites is 1. The maximum Gasteiger partial charge on any atom is 0.335 e. The van der Waals surface area contributed by atoms with Crippen LogP contribution < -0.4 is 10.3 Å². The predicted octanol–water partition coefficient (Wildman–Crippen LogP) is 5.43. The molecule has 0 saturated heterocycles. The molecule has 0 bridgehead atoms. The van der Waals surface area contributed by atoms with E-state index in [0.29, 0.717) is 28.9 Å². The van der Waals surface area contributed by atoms with E-state index < -0.39 is 5.97 Å². The number of carboxylic acids is 1. The maximum absolute atomic E-state index is 13.4. The minimum atomic E-state index is -1.05. The molecule has 1 amide bonds. The van der Waals surface area contributed by atoms with Crippen molar-refractivity contribution >= 4 is 29.0 Å². The van der Waals surface area contributed by atoms with Crippen molar-refractivity contribution in [2.24, 2.45) is 5.10 Å². The summed E-state index contributed by atoms with van der Waals surface area (Å²) in [5.41, 5.74) is 8.01. The van der Waals surface area contributed by atoms with Crippen LogP contribution in [0.4, 0.5) is 11.4 Å².